The van der Waals surface area contributed by atoms with Gasteiger partial charge in [-0.05, 0) is 12.1 Å². The van der Waals surface area contributed by atoms with Gasteiger partial charge < -0.3 is 10.4 Å². The molecule has 0 bridgehead atoms. The Labute approximate surface area is 109 Å². The fraction of sp³-hybridized carbons (Fsp3) is 0.0714. The Morgan fingerprint density at radius 2 is 1.79 bits per heavy atom. The molecule has 0 spiro atoms. The standard InChI is InChI=1S/C14H12N2O3/c1-9(17)15-12-8-7-11(14(18)19)13(16-12)10-5-3-2-4-6-10/h2-8H,1H3,(H,18,19)(H,15,16,17). The van der Waals surface area contributed by atoms with Crippen LogP contribution in [-0.2, 0) is 4.79 Å². The van der Waals surface area contributed by atoms with Gasteiger partial charge in [0.1, 0.15) is 5.82 Å². The molecule has 0 atom stereocenters. The van der Waals surface area contributed by atoms with E-state index < -0.39 is 5.97 Å². The first-order valence-corrected chi connectivity index (χ1v) is 5.65. The first-order valence-electron chi connectivity index (χ1n) is 5.65. The summed E-state index contributed by atoms with van der Waals surface area (Å²) in [6.07, 6.45) is 0. The van der Waals surface area contributed by atoms with E-state index in [1.165, 1.54) is 19.1 Å². The Morgan fingerprint density at radius 1 is 1.11 bits per heavy atom. The van der Waals surface area contributed by atoms with Crippen LogP contribution >= 0.6 is 0 Å². The third-order valence-corrected chi connectivity index (χ3v) is 2.48. The zero-order chi connectivity index (χ0) is 13.8. The first-order chi connectivity index (χ1) is 9.08. The van der Waals surface area contributed by atoms with Crippen LogP contribution in [0.4, 0.5) is 5.82 Å². The molecule has 2 aromatic rings. The van der Waals surface area contributed by atoms with Gasteiger partial charge in [-0.25, -0.2) is 9.78 Å². The van der Waals surface area contributed by atoms with E-state index in [0.29, 0.717) is 17.1 Å². The van der Waals surface area contributed by atoms with Crippen molar-refractivity contribution in [3.05, 3.63) is 48.0 Å². The molecule has 0 fully saturated rings. The molecule has 0 unspecified atom stereocenters. The second-order valence-electron chi connectivity index (χ2n) is 3.95. The average molecular weight is 256 g/mol. The van der Waals surface area contributed by atoms with Crippen molar-refractivity contribution in [2.45, 2.75) is 6.92 Å². The van der Waals surface area contributed by atoms with Gasteiger partial charge in [-0.1, -0.05) is 30.3 Å². The second kappa shape index (κ2) is 5.30. The first kappa shape index (κ1) is 12.8. The molecule has 2 N–H and O–H groups in total. The molecule has 2 rings (SSSR count). The molecule has 0 aliphatic heterocycles. The highest BCUT2D eigenvalue weighted by atomic mass is 16.4. The summed E-state index contributed by atoms with van der Waals surface area (Å²) in [4.78, 5) is 26.4. The van der Waals surface area contributed by atoms with Gasteiger partial charge in [0.25, 0.3) is 0 Å². The van der Waals surface area contributed by atoms with Crippen molar-refractivity contribution in [2.75, 3.05) is 5.32 Å². The normalized spacial score (nSPS) is 9.95. The molecule has 0 aliphatic carbocycles. The summed E-state index contributed by atoms with van der Waals surface area (Å²) in [6, 6.07) is 11.9. The van der Waals surface area contributed by atoms with Gasteiger partial charge in [-0.2, -0.15) is 0 Å². The highest BCUT2D eigenvalue weighted by Crippen LogP contribution is 2.23. The minimum atomic E-state index is -1.05. The average Bonchev–Trinajstić information content (AvgIpc) is 2.38. The van der Waals surface area contributed by atoms with E-state index in [2.05, 4.69) is 10.3 Å². The molecule has 1 aromatic heterocycles. The van der Waals surface area contributed by atoms with Gasteiger partial charge in [0.2, 0.25) is 5.91 Å². The van der Waals surface area contributed by atoms with E-state index in [1.807, 2.05) is 6.07 Å². The van der Waals surface area contributed by atoms with Crippen molar-refractivity contribution < 1.29 is 14.7 Å². The smallest absolute Gasteiger partial charge is 0.337 e. The third kappa shape index (κ3) is 2.95. The van der Waals surface area contributed by atoms with E-state index in [9.17, 15) is 14.7 Å². The lowest BCUT2D eigenvalue weighted by Crippen LogP contribution is -2.09. The number of carbonyl (C=O) groups excluding carboxylic acids is 1. The van der Waals surface area contributed by atoms with Crippen molar-refractivity contribution in [2.24, 2.45) is 0 Å². The number of pyridine rings is 1. The highest BCUT2D eigenvalue weighted by molar-refractivity contribution is 5.96. The Balaban J connectivity index is 2.54. The van der Waals surface area contributed by atoms with E-state index in [-0.39, 0.29) is 11.5 Å². The fourth-order valence-corrected chi connectivity index (χ4v) is 1.70. The summed E-state index contributed by atoms with van der Waals surface area (Å²) in [6.45, 7) is 1.37. The van der Waals surface area contributed by atoms with Crippen LogP contribution < -0.4 is 5.32 Å². The highest BCUT2D eigenvalue weighted by Gasteiger charge is 2.14. The Bertz CT molecular complexity index is 624. The van der Waals surface area contributed by atoms with Crippen molar-refractivity contribution in [3.8, 4) is 11.3 Å². The van der Waals surface area contributed by atoms with Gasteiger partial charge in [0.15, 0.2) is 0 Å². The molecule has 0 saturated carbocycles. The lowest BCUT2D eigenvalue weighted by atomic mass is 10.1. The molecule has 5 heteroatoms. The van der Waals surface area contributed by atoms with Crippen LogP contribution in [0.1, 0.15) is 17.3 Å². The van der Waals surface area contributed by atoms with E-state index >= 15 is 0 Å². The summed E-state index contributed by atoms with van der Waals surface area (Å²) < 4.78 is 0. The number of anilines is 1. The predicted molar refractivity (Wildman–Crippen MR) is 70.9 cm³/mol. The number of hydrogen-bond donors (Lipinski definition) is 2. The zero-order valence-corrected chi connectivity index (χ0v) is 10.3. The monoisotopic (exact) mass is 256 g/mol. The maximum atomic E-state index is 11.2. The van der Waals surface area contributed by atoms with Crippen molar-refractivity contribution in [3.63, 3.8) is 0 Å². The SMILES string of the molecule is CC(=O)Nc1ccc(C(=O)O)c(-c2ccccc2)n1. The van der Waals surface area contributed by atoms with Gasteiger partial charge in [-0.15, -0.1) is 0 Å². The number of benzene rings is 1. The number of nitrogens with one attached hydrogen (secondary N) is 1. The van der Waals surface area contributed by atoms with Gasteiger partial charge in [0, 0.05) is 12.5 Å². The van der Waals surface area contributed by atoms with E-state index in [1.54, 1.807) is 24.3 Å². The number of carboxylic acid groups (broad SMARTS) is 1. The van der Waals surface area contributed by atoms with Crippen molar-refractivity contribution >= 4 is 17.7 Å². The van der Waals surface area contributed by atoms with Gasteiger partial charge >= 0.3 is 5.97 Å². The van der Waals surface area contributed by atoms with Gasteiger partial charge in [-0.3, -0.25) is 4.79 Å². The molecule has 19 heavy (non-hydrogen) atoms. The number of amides is 1. The van der Waals surface area contributed by atoms with Crippen LogP contribution in [0.15, 0.2) is 42.5 Å². The number of carbonyl (C=O) groups is 2. The van der Waals surface area contributed by atoms with Crippen LogP contribution in [0.5, 0.6) is 0 Å². The number of rotatable bonds is 3. The molecule has 0 aliphatic rings. The topological polar surface area (TPSA) is 79.3 Å². The minimum Gasteiger partial charge on any atom is -0.478 e. The Morgan fingerprint density at radius 3 is 2.37 bits per heavy atom. The number of hydrogen-bond acceptors (Lipinski definition) is 3. The van der Waals surface area contributed by atoms with Gasteiger partial charge in [0.05, 0.1) is 11.3 Å². The molecular formula is C14H12N2O3. The fourth-order valence-electron chi connectivity index (χ4n) is 1.70. The minimum absolute atomic E-state index is 0.0975. The van der Waals surface area contributed by atoms with Crippen LogP contribution in [0.2, 0.25) is 0 Å². The molecule has 5 nitrogen and oxygen atoms in total. The Hall–Kier alpha value is -2.69. The summed E-state index contributed by atoms with van der Waals surface area (Å²) in [5.41, 5.74) is 1.12. The quantitative estimate of drug-likeness (QED) is 0.883. The lowest BCUT2D eigenvalue weighted by molar-refractivity contribution is -0.114. The predicted octanol–water partition coefficient (Wildman–Crippen LogP) is 2.41. The largest absolute Gasteiger partial charge is 0.478 e. The summed E-state index contributed by atoms with van der Waals surface area (Å²) in [7, 11) is 0. The zero-order valence-electron chi connectivity index (χ0n) is 10.3. The number of aromatic carboxylic acids is 1. The molecular weight excluding hydrogens is 244 g/mol. The molecule has 0 radical (unpaired) electrons. The van der Waals surface area contributed by atoms with Crippen molar-refractivity contribution in [1.29, 1.82) is 0 Å². The number of carboxylic acids is 1. The number of nitrogens with zero attached hydrogens (tertiary/aromatic N) is 1. The maximum Gasteiger partial charge on any atom is 0.337 e. The number of aromatic nitrogens is 1. The summed E-state index contributed by atoms with van der Waals surface area (Å²) in [5.74, 6) is -0.980. The maximum absolute atomic E-state index is 11.2. The third-order valence-electron chi connectivity index (χ3n) is 2.48. The molecule has 1 amide bonds. The molecule has 1 aromatic carbocycles. The second-order valence-corrected chi connectivity index (χ2v) is 3.95. The van der Waals surface area contributed by atoms with Crippen LogP contribution in [0.3, 0.4) is 0 Å². The van der Waals surface area contributed by atoms with E-state index in [0.717, 1.165) is 0 Å². The molecule has 1 heterocycles. The van der Waals surface area contributed by atoms with Crippen molar-refractivity contribution in [1.82, 2.24) is 4.98 Å². The molecule has 96 valence electrons. The lowest BCUT2D eigenvalue weighted by Gasteiger charge is -2.08. The summed E-state index contributed by atoms with van der Waals surface area (Å²) in [5, 5.41) is 11.7. The Kier molecular flexibility index (Phi) is 3.56. The van der Waals surface area contributed by atoms with E-state index in [4.69, 9.17) is 0 Å². The molecule has 0 saturated heterocycles. The van der Waals surface area contributed by atoms with Crippen LogP contribution in [0, 0.1) is 0 Å². The van der Waals surface area contributed by atoms with Crippen LogP contribution in [-0.4, -0.2) is 22.0 Å². The van der Waals surface area contributed by atoms with Crippen LogP contribution in [0.25, 0.3) is 11.3 Å². The summed E-state index contributed by atoms with van der Waals surface area (Å²) >= 11 is 0.